The van der Waals surface area contributed by atoms with Crippen LogP contribution in [0.25, 0.3) is 0 Å². The van der Waals surface area contributed by atoms with E-state index in [1.807, 2.05) is 25.3 Å². The predicted octanol–water partition coefficient (Wildman–Crippen LogP) is 3.22. The van der Waals surface area contributed by atoms with Gasteiger partial charge in [0.2, 0.25) is 0 Å². The molecule has 0 spiro atoms. The average molecular weight is 373 g/mol. The lowest BCUT2D eigenvalue weighted by Gasteiger charge is -2.16. The first kappa shape index (κ1) is 19.1. The maximum atomic E-state index is 13.7. The van der Waals surface area contributed by atoms with Gasteiger partial charge in [0.25, 0.3) is 0 Å². The van der Waals surface area contributed by atoms with Crippen molar-refractivity contribution in [2.24, 2.45) is 4.99 Å². The Hall–Kier alpha value is -2.70. The number of rotatable bonds is 6. The highest BCUT2D eigenvalue weighted by Crippen LogP contribution is 2.17. The lowest BCUT2D eigenvalue weighted by Crippen LogP contribution is -2.37. The number of nitrogens with zero attached hydrogens (tertiary/aromatic N) is 3. The normalized spacial score (nSPS) is 14.5. The third kappa shape index (κ3) is 5.39. The fourth-order valence-electron chi connectivity index (χ4n) is 3.01. The van der Waals surface area contributed by atoms with E-state index in [1.165, 1.54) is 18.9 Å². The quantitative estimate of drug-likeness (QED) is 0.603. The second-order valence-electron chi connectivity index (χ2n) is 6.50. The van der Waals surface area contributed by atoms with Gasteiger partial charge in [-0.2, -0.15) is 0 Å². The van der Waals surface area contributed by atoms with Crippen molar-refractivity contribution in [2.75, 3.05) is 24.5 Å². The highest BCUT2D eigenvalue weighted by Gasteiger charge is 2.13. The van der Waals surface area contributed by atoms with Crippen LogP contribution in [0.15, 0.2) is 41.5 Å². The molecule has 1 aromatic heterocycles. The number of anilines is 1. The molecule has 0 radical (unpaired) electrons. The van der Waals surface area contributed by atoms with Gasteiger partial charge < -0.3 is 15.5 Å². The van der Waals surface area contributed by atoms with Crippen molar-refractivity contribution in [3.8, 4) is 0 Å². The number of aliphatic imine (C=N–C) groups is 1. The molecular weight excluding hydrogens is 348 g/mol. The van der Waals surface area contributed by atoms with Crippen LogP contribution in [-0.2, 0) is 13.1 Å². The van der Waals surface area contributed by atoms with Crippen molar-refractivity contribution < 1.29 is 8.78 Å². The molecule has 144 valence electrons. The summed E-state index contributed by atoms with van der Waals surface area (Å²) in [6, 6.07) is 7.48. The monoisotopic (exact) mass is 373 g/mol. The van der Waals surface area contributed by atoms with Gasteiger partial charge in [0.05, 0.1) is 6.54 Å². The zero-order valence-corrected chi connectivity index (χ0v) is 15.5. The van der Waals surface area contributed by atoms with E-state index in [0.717, 1.165) is 36.6 Å². The Bertz CT molecular complexity index is 770. The highest BCUT2D eigenvalue weighted by atomic mass is 19.1. The maximum absolute atomic E-state index is 13.7. The Morgan fingerprint density at radius 3 is 2.67 bits per heavy atom. The summed E-state index contributed by atoms with van der Waals surface area (Å²) in [4.78, 5) is 11.3. The number of halogens is 2. The number of nitrogens with one attached hydrogen (secondary N) is 2. The first-order valence-electron chi connectivity index (χ1n) is 9.31. The summed E-state index contributed by atoms with van der Waals surface area (Å²) in [5.74, 6) is 0.650. The van der Waals surface area contributed by atoms with E-state index >= 15 is 0 Å². The summed E-state index contributed by atoms with van der Waals surface area (Å²) >= 11 is 0. The fraction of sp³-hybridized carbons (Fsp3) is 0.400. The largest absolute Gasteiger partial charge is 0.357 e. The molecule has 1 aliphatic rings. The molecule has 3 rings (SSSR count). The summed E-state index contributed by atoms with van der Waals surface area (Å²) in [7, 11) is 0. The molecule has 1 aliphatic heterocycles. The van der Waals surface area contributed by atoms with Crippen molar-refractivity contribution in [1.29, 1.82) is 0 Å². The lowest BCUT2D eigenvalue weighted by molar-refractivity contribution is 0.581. The van der Waals surface area contributed by atoms with Gasteiger partial charge in [-0.25, -0.2) is 18.8 Å². The number of hydrogen-bond acceptors (Lipinski definition) is 3. The minimum Gasteiger partial charge on any atom is -0.357 e. The van der Waals surface area contributed by atoms with E-state index in [9.17, 15) is 8.78 Å². The van der Waals surface area contributed by atoms with E-state index in [2.05, 4.69) is 25.5 Å². The van der Waals surface area contributed by atoms with E-state index < -0.39 is 11.6 Å². The molecule has 0 aliphatic carbocycles. The zero-order chi connectivity index (χ0) is 19.1. The van der Waals surface area contributed by atoms with Crippen LogP contribution in [0, 0.1) is 11.6 Å². The molecule has 5 nitrogen and oxygen atoms in total. The Balaban J connectivity index is 1.60. The van der Waals surface area contributed by atoms with Gasteiger partial charge in [-0.1, -0.05) is 6.07 Å². The third-order valence-corrected chi connectivity index (χ3v) is 4.46. The molecule has 2 N–H and O–H groups in total. The molecule has 0 atom stereocenters. The molecule has 0 saturated carbocycles. The topological polar surface area (TPSA) is 52.6 Å². The molecule has 2 heterocycles. The van der Waals surface area contributed by atoms with Crippen molar-refractivity contribution in [1.82, 2.24) is 15.6 Å². The number of aromatic nitrogens is 1. The Kier molecular flexibility index (Phi) is 6.57. The third-order valence-electron chi connectivity index (χ3n) is 4.46. The molecule has 7 heteroatoms. The molecule has 1 saturated heterocycles. The minimum atomic E-state index is -0.459. The van der Waals surface area contributed by atoms with Gasteiger partial charge in [-0.15, -0.1) is 0 Å². The van der Waals surface area contributed by atoms with Crippen LogP contribution < -0.4 is 15.5 Å². The van der Waals surface area contributed by atoms with Gasteiger partial charge in [0.15, 0.2) is 5.96 Å². The molecule has 27 heavy (non-hydrogen) atoms. The van der Waals surface area contributed by atoms with Gasteiger partial charge in [-0.05, 0) is 49.6 Å². The number of benzene rings is 1. The maximum Gasteiger partial charge on any atom is 0.191 e. The molecule has 0 unspecified atom stereocenters. The van der Waals surface area contributed by atoms with Crippen molar-refractivity contribution in [2.45, 2.75) is 32.9 Å². The fourth-order valence-corrected chi connectivity index (χ4v) is 3.01. The standard InChI is InChI=1S/C20H25F2N5/c1-2-23-20(26-14-16-11-17(21)6-7-18(16)22)25-13-15-5-8-19(24-12-15)27-9-3-4-10-27/h5-8,11-12H,2-4,9-10,13-14H2,1H3,(H2,23,25,26). The molecule has 2 aromatic rings. The van der Waals surface area contributed by atoms with Crippen LogP contribution >= 0.6 is 0 Å². The van der Waals surface area contributed by atoms with E-state index in [0.29, 0.717) is 19.0 Å². The van der Waals surface area contributed by atoms with Crippen molar-refractivity contribution in [3.05, 3.63) is 59.3 Å². The molecular formula is C20H25F2N5. The van der Waals surface area contributed by atoms with Gasteiger partial charge in [-0.3, -0.25) is 0 Å². The van der Waals surface area contributed by atoms with Crippen LogP contribution in [0.3, 0.4) is 0 Å². The summed E-state index contributed by atoms with van der Waals surface area (Å²) in [5, 5.41) is 6.14. The number of pyridine rings is 1. The predicted molar refractivity (Wildman–Crippen MR) is 104 cm³/mol. The summed E-state index contributed by atoms with van der Waals surface area (Å²) in [6.07, 6.45) is 4.28. The van der Waals surface area contributed by atoms with Crippen LogP contribution in [0.4, 0.5) is 14.6 Å². The first-order chi connectivity index (χ1) is 13.2. The Morgan fingerprint density at radius 1 is 1.15 bits per heavy atom. The minimum absolute atomic E-state index is 0.154. The van der Waals surface area contributed by atoms with Crippen LogP contribution in [0.1, 0.15) is 30.9 Å². The zero-order valence-electron chi connectivity index (χ0n) is 15.5. The van der Waals surface area contributed by atoms with Crippen molar-refractivity contribution >= 4 is 11.8 Å². The second-order valence-corrected chi connectivity index (χ2v) is 6.50. The van der Waals surface area contributed by atoms with E-state index in [4.69, 9.17) is 0 Å². The van der Waals surface area contributed by atoms with E-state index in [1.54, 1.807) is 0 Å². The van der Waals surface area contributed by atoms with Gasteiger partial charge in [0.1, 0.15) is 17.5 Å². The summed E-state index contributed by atoms with van der Waals surface area (Å²) < 4.78 is 27.0. The molecule has 1 fully saturated rings. The van der Waals surface area contributed by atoms with Gasteiger partial charge >= 0.3 is 0 Å². The number of hydrogen-bond donors (Lipinski definition) is 2. The van der Waals surface area contributed by atoms with Crippen molar-refractivity contribution in [3.63, 3.8) is 0 Å². The van der Waals surface area contributed by atoms with Crippen LogP contribution in [0.5, 0.6) is 0 Å². The Morgan fingerprint density at radius 2 is 1.96 bits per heavy atom. The molecule has 0 bridgehead atoms. The first-order valence-corrected chi connectivity index (χ1v) is 9.31. The SMILES string of the molecule is CCNC(=NCc1ccc(N2CCCC2)nc1)NCc1cc(F)ccc1F. The lowest BCUT2D eigenvalue weighted by atomic mass is 10.2. The smallest absolute Gasteiger partial charge is 0.191 e. The van der Waals surface area contributed by atoms with Gasteiger partial charge in [0, 0.05) is 37.9 Å². The van der Waals surface area contributed by atoms with Crippen LogP contribution in [-0.4, -0.2) is 30.6 Å². The molecule has 0 amide bonds. The average Bonchev–Trinajstić information content (AvgIpc) is 3.21. The van der Waals surface area contributed by atoms with Crippen LogP contribution in [0.2, 0.25) is 0 Å². The second kappa shape index (κ2) is 9.30. The summed E-state index contributed by atoms with van der Waals surface area (Å²) in [5.41, 5.74) is 1.25. The Labute approximate surface area is 158 Å². The summed E-state index contributed by atoms with van der Waals surface area (Å²) in [6.45, 7) is 5.36. The number of guanidine groups is 1. The highest BCUT2D eigenvalue weighted by molar-refractivity contribution is 5.79. The van der Waals surface area contributed by atoms with E-state index in [-0.39, 0.29) is 12.1 Å². The molecule has 1 aromatic carbocycles.